The number of aromatic hydroxyl groups is 1. The lowest BCUT2D eigenvalue weighted by molar-refractivity contribution is 0.415. The van der Waals surface area contributed by atoms with E-state index in [9.17, 15) is 5.11 Å². The zero-order valence-electron chi connectivity index (χ0n) is 17.4. The minimum atomic E-state index is 0.103. The van der Waals surface area contributed by atoms with Crippen molar-refractivity contribution in [1.82, 2.24) is 25.6 Å². The third kappa shape index (κ3) is 3.23. The molecule has 0 amide bonds. The van der Waals surface area contributed by atoms with Crippen LogP contribution in [0, 0.1) is 0 Å². The Morgan fingerprint density at radius 3 is 2.73 bits per heavy atom. The lowest BCUT2D eigenvalue weighted by Gasteiger charge is -2.01. The van der Waals surface area contributed by atoms with Crippen LogP contribution in [0.3, 0.4) is 0 Å². The molecule has 0 atom stereocenters. The molecule has 0 bridgehead atoms. The number of H-pyrrole nitrogens is 2. The SMILES string of the molecule is COc1ccc2[nH]c(O)c(C=c3ccc4c(c3)N=NC=4c3cccc(-c4nn[nH]n4)c3)c2c1. The number of nitrogens with zero attached hydrogens (tertiary/aromatic N) is 5. The Morgan fingerprint density at radius 2 is 1.88 bits per heavy atom. The maximum absolute atomic E-state index is 10.5. The number of ether oxygens (including phenoxy) is 1. The van der Waals surface area contributed by atoms with Gasteiger partial charge in [-0.3, -0.25) is 0 Å². The first-order chi connectivity index (χ1) is 16.2. The van der Waals surface area contributed by atoms with Crippen molar-refractivity contribution in [3.63, 3.8) is 0 Å². The highest BCUT2D eigenvalue weighted by Crippen LogP contribution is 2.31. The van der Waals surface area contributed by atoms with Gasteiger partial charge in [-0.2, -0.15) is 5.21 Å². The molecule has 3 N–H and O–H groups in total. The largest absolute Gasteiger partial charge is 0.497 e. The first-order valence-corrected chi connectivity index (χ1v) is 10.2. The molecule has 9 nitrogen and oxygen atoms in total. The molecule has 6 rings (SSSR count). The van der Waals surface area contributed by atoms with Crippen molar-refractivity contribution >= 4 is 28.4 Å². The van der Waals surface area contributed by atoms with Gasteiger partial charge in [0.2, 0.25) is 5.82 Å². The molecule has 2 aromatic heterocycles. The van der Waals surface area contributed by atoms with Crippen molar-refractivity contribution in [2.24, 2.45) is 10.2 Å². The number of methoxy groups -OCH3 is 1. The van der Waals surface area contributed by atoms with Gasteiger partial charge in [0.25, 0.3) is 0 Å². The number of fused-ring (bicyclic) bond motifs is 2. The van der Waals surface area contributed by atoms with Crippen molar-refractivity contribution in [1.29, 1.82) is 0 Å². The van der Waals surface area contributed by atoms with Crippen LogP contribution in [0.25, 0.3) is 34.1 Å². The second-order valence-corrected chi connectivity index (χ2v) is 7.58. The predicted octanol–water partition coefficient (Wildman–Crippen LogP) is 3.14. The summed E-state index contributed by atoms with van der Waals surface area (Å²) in [5.41, 5.74) is 4.82. The zero-order valence-corrected chi connectivity index (χ0v) is 17.4. The van der Waals surface area contributed by atoms with E-state index in [4.69, 9.17) is 4.74 Å². The lowest BCUT2D eigenvalue weighted by Crippen LogP contribution is -2.09. The van der Waals surface area contributed by atoms with Crippen molar-refractivity contribution in [3.05, 3.63) is 82.2 Å². The van der Waals surface area contributed by atoms with Crippen LogP contribution in [0.4, 0.5) is 5.69 Å². The lowest BCUT2D eigenvalue weighted by atomic mass is 10.0. The summed E-state index contributed by atoms with van der Waals surface area (Å²) in [5, 5.41) is 36.1. The molecule has 0 aliphatic carbocycles. The predicted molar refractivity (Wildman–Crippen MR) is 122 cm³/mol. The Hall–Kier alpha value is -4.79. The first kappa shape index (κ1) is 18.9. The minimum absolute atomic E-state index is 0.103. The van der Waals surface area contributed by atoms with Crippen LogP contribution < -0.4 is 15.2 Å². The molecule has 0 fully saturated rings. The molecule has 5 aromatic rings. The van der Waals surface area contributed by atoms with E-state index in [0.29, 0.717) is 11.4 Å². The van der Waals surface area contributed by atoms with E-state index >= 15 is 0 Å². The first-order valence-electron chi connectivity index (χ1n) is 10.2. The highest BCUT2D eigenvalue weighted by Gasteiger charge is 2.14. The summed E-state index contributed by atoms with van der Waals surface area (Å²) in [6.07, 6.45) is 1.91. The molecule has 0 radical (unpaired) electrons. The molecular formula is C24H17N7O2. The minimum Gasteiger partial charge on any atom is -0.497 e. The third-order valence-electron chi connectivity index (χ3n) is 5.61. The monoisotopic (exact) mass is 435 g/mol. The molecule has 1 aliphatic rings. The fraction of sp³-hybridized carbons (Fsp3) is 0.0417. The number of hydrogen-bond acceptors (Lipinski definition) is 7. The summed E-state index contributed by atoms with van der Waals surface area (Å²) < 4.78 is 5.33. The Kier molecular flexibility index (Phi) is 4.25. The van der Waals surface area contributed by atoms with E-state index in [0.717, 1.165) is 49.6 Å². The summed E-state index contributed by atoms with van der Waals surface area (Å²) in [5.74, 6) is 1.35. The molecule has 0 saturated carbocycles. The maximum Gasteiger partial charge on any atom is 0.204 e. The smallest absolute Gasteiger partial charge is 0.204 e. The van der Waals surface area contributed by atoms with Crippen LogP contribution in [-0.4, -0.2) is 37.8 Å². The van der Waals surface area contributed by atoms with E-state index in [-0.39, 0.29) is 5.88 Å². The van der Waals surface area contributed by atoms with Gasteiger partial charge in [-0.25, -0.2) is 0 Å². The van der Waals surface area contributed by atoms with Gasteiger partial charge in [0.1, 0.15) is 11.4 Å². The summed E-state index contributed by atoms with van der Waals surface area (Å²) in [6.45, 7) is 0. The second kappa shape index (κ2) is 7.41. The molecular weight excluding hydrogens is 418 g/mol. The number of aromatic nitrogens is 5. The quantitative estimate of drug-likeness (QED) is 0.400. The number of rotatable bonds is 4. The number of benzene rings is 3. The highest BCUT2D eigenvalue weighted by atomic mass is 16.5. The number of hydrogen-bond donors (Lipinski definition) is 3. The molecule has 160 valence electrons. The van der Waals surface area contributed by atoms with Gasteiger partial charge < -0.3 is 14.8 Å². The second-order valence-electron chi connectivity index (χ2n) is 7.58. The summed E-state index contributed by atoms with van der Waals surface area (Å²) in [4.78, 5) is 3.00. The number of tetrazole rings is 1. The zero-order chi connectivity index (χ0) is 22.4. The van der Waals surface area contributed by atoms with Gasteiger partial charge in [-0.15, -0.1) is 20.4 Å². The van der Waals surface area contributed by atoms with Crippen LogP contribution in [0.1, 0.15) is 11.1 Å². The Labute approximate surface area is 186 Å². The van der Waals surface area contributed by atoms with E-state index in [1.165, 1.54) is 0 Å². The van der Waals surface area contributed by atoms with Crippen LogP contribution in [0.15, 0.2) is 70.9 Å². The van der Waals surface area contributed by atoms with Gasteiger partial charge in [-0.05, 0) is 52.9 Å². The molecule has 0 saturated heterocycles. The van der Waals surface area contributed by atoms with Gasteiger partial charge in [0.05, 0.1) is 12.8 Å². The summed E-state index contributed by atoms with van der Waals surface area (Å²) in [6, 6.07) is 19.3. The normalized spacial score (nSPS) is 13.1. The van der Waals surface area contributed by atoms with Crippen LogP contribution in [0.5, 0.6) is 11.6 Å². The van der Waals surface area contributed by atoms with Crippen LogP contribution >= 0.6 is 0 Å². The van der Waals surface area contributed by atoms with Gasteiger partial charge in [-0.1, -0.05) is 24.3 Å². The van der Waals surface area contributed by atoms with Gasteiger partial charge >= 0.3 is 0 Å². The topological polar surface area (TPSA) is 124 Å². The van der Waals surface area contributed by atoms with Crippen molar-refractivity contribution in [2.45, 2.75) is 0 Å². The molecule has 3 aromatic carbocycles. The Bertz CT molecular complexity index is 1670. The Morgan fingerprint density at radius 1 is 0.970 bits per heavy atom. The summed E-state index contributed by atoms with van der Waals surface area (Å²) in [7, 11) is 1.62. The van der Waals surface area contributed by atoms with Crippen molar-refractivity contribution in [3.8, 4) is 23.0 Å². The van der Waals surface area contributed by atoms with E-state index < -0.39 is 0 Å². The molecule has 33 heavy (non-hydrogen) atoms. The summed E-state index contributed by atoms with van der Waals surface area (Å²) >= 11 is 0. The molecule has 3 heterocycles. The van der Waals surface area contributed by atoms with Crippen LogP contribution in [0.2, 0.25) is 0 Å². The fourth-order valence-electron chi connectivity index (χ4n) is 4.00. The molecule has 0 spiro atoms. The van der Waals surface area contributed by atoms with Gasteiger partial charge in [0.15, 0.2) is 5.88 Å². The van der Waals surface area contributed by atoms with E-state index in [1.54, 1.807) is 7.11 Å². The van der Waals surface area contributed by atoms with Crippen molar-refractivity contribution in [2.75, 3.05) is 7.11 Å². The van der Waals surface area contributed by atoms with E-state index in [1.807, 2.05) is 66.7 Å². The maximum atomic E-state index is 10.5. The molecule has 0 unspecified atom stereocenters. The number of nitrogens with one attached hydrogen (secondary N) is 2. The average molecular weight is 435 g/mol. The standard InChI is InChI=1S/C24H17N7O2/c1-33-16-6-8-20-18(12-16)19(24(32)25-20)9-13-5-7-17-21(10-13)26-27-22(17)14-3-2-4-15(11-14)23-28-30-31-29-23/h2-12,25,32H,1H3,(H,28,29,30,31). The molecule has 9 heteroatoms. The number of aromatic amines is 2. The van der Waals surface area contributed by atoms with Gasteiger partial charge in [0, 0.05) is 32.8 Å². The fourth-order valence-corrected chi connectivity index (χ4v) is 4.00. The van der Waals surface area contributed by atoms with Crippen LogP contribution in [-0.2, 0) is 0 Å². The molecule has 1 aliphatic heterocycles. The van der Waals surface area contributed by atoms with E-state index in [2.05, 4.69) is 35.8 Å². The highest BCUT2D eigenvalue weighted by molar-refractivity contribution is 5.92. The Balaban J connectivity index is 1.45. The average Bonchev–Trinajstić information content (AvgIpc) is 3.58. The number of azo groups is 1. The third-order valence-corrected chi connectivity index (χ3v) is 5.61. The van der Waals surface area contributed by atoms with Crippen molar-refractivity contribution < 1.29 is 9.84 Å².